The number of carbonyl (C=O) groups excluding carboxylic acids is 2. The van der Waals surface area contributed by atoms with Gasteiger partial charge in [0, 0.05) is 24.5 Å². The lowest BCUT2D eigenvalue weighted by atomic mass is 9.88. The van der Waals surface area contributed by atoms with Gasteiger partial charge in [-0.25, -0.2) is 4.39 Å². The van der Waals surface area contributed by atoms with Crippen molar-refractivity contribution in [3.63, 3.8) is 0 Å². The van der Waals surface area contributed by atoms with E-state index >= 15 is 0 Å². The standard InChI is InChI=1S/C19H21FN2O3/c1-21-17(23)11-19(25)9-4-10-22(12-19)18(24)15-7-8-16(20)14-6-3-2-5-13(14)15/h2-3,5-8,25H,4,9-12H2,1H3,(H,21,23). The minimum Gasteiger partial charge on any atom is -0.388 e. The summed E-state index contributed by atoms with van der Waals surface area (Å²) in [5.74, 6) is -0.892. The Hall–Kier alpha value is -2.47. The molecule has 5 nitrogen and oxygen atoms in total. The van der Waals surface area contributed by atoms with Gasteiger partial charge in [0.2, 0.25) is 5.91 Å². The zero-order chi connectivity index (χ0) is 18.0. The third-order valence-corrected chi connectivity index (χ3v) is 4.71. The summed E-state index contributed by atoms with van der Waals surface area (Å²) in [6.45, 7) is 0.589. The lowest BCUT2D eigenvalue weighted by Gasteiger charge is -2.39. The van der Waals surface area contributed by atoms with Crippen molar-refractivity contribution < 1.29 is 19.1 Å². The van der Waals surface area contributed by atoms with E-state index in [0.29, 0.717) is 35.7 Å². The van der Waals surface area contributed by atoms with Gasteiger partial charge in [0.15, 0.2) is 0 Å². The molecule has 2 amide bonds. The predicted molar refractivity (Wildman–Crippen MR) is 92.7 cm³/mol. The lowest BCUT2D eigenvalue weighted by molar-refractivity contribution is -0.127. The number of amides is 2. The molecule has 2 aromatic carbocycles. The molecule has 132 valence electrons. The van der Waals surface area contributed by atoms with E-state index in [1.165, 1.54) is 19.2 Å². The van der Waals surface area contributed by atoms with Crippen molar-refractivity contribution >= 4 is 22.6 Å². The summed E-state index contributed by atoms with van der Waals surface area (Å²) in [7, 11) is 1.52. The van der Waals surface area contributed by atoms with E-state index in [1.54, 1.807) is 29.2 Å². The molecule has 0 spiro atoms. The van der Waals surface area contributed by atoms with Crippen LogP contribution in [0.5, 0.6) is 0 Å². The normalized spacial score (nSPS) is 20.5. The highest BCUT2D eigenvalue weighted by Gasteiger charge is 2.37. The van der Waals surface area contributed by atoms with Gasteiger partial charge < -0.3 is 15.3 Å². The average Bonchev–Trinajstić information content (AvgIpc) is 2.61. The number of likely N-dealkylation sites (tertiary alicyclic amines) is 1. The smallest absolute Gasteiger partial charge is 0.254 e. The topological polar surface area (TPSA) is 69.6 Å². The van der Waals surface area contributed by atoms with Crippen LogP contribution in [0.3, 0.4) is 0 Å². The first-order valence-corrected chi connectivity index (χ1v) is 8.33. The lowest BCUT2D eigenvalue weighted by Crippen LogP contribution is -2.52. The number of nitrogens with zero attached hydrogens (tertiary/aromatic N) is 1. The van der Waals surface area contributed by atoms with Gasteiger partial charge in [-0.3, -0.25) is 9.59 Å². The molecule has 1 aliphatic rings. The van der Waals surface area contributed by atoms with Gasteiger partial charge in [0.05, 0.1) is 18.6 Å². The predicted octanol–water partition coefficient (Wildman–Crippen LogP) is 2.08. The highest BCUT2D eigenvalue weighted by molar-refractivity contribution is 6.07. The SMILES string of the molecule is CNC(=O)CC1(O)CCCN(C(=O)c2ccc(F)c3ccccc23)C1. The van der Waals surface area contributed by atoms with Crippen molar-refractivity contribution in [2.75, 3.05) is 20.1 Å². The molecule has 1 heterocycles. The quantitative estimate of drug-likeness (QED) is 0.896. The first-order chi connectivity index (χ1) is 11.9. The number of nitrogens with one attached hydrogen (secondary N) is 1. The summed E-state index contributed by atoms with van der Waals surface area (Å²) in [4.78, 5) is 26.1. The molecule has 1 saturated heterocycles. The van der Waals surface area contributed by atoms with Crippen LogP contribution in [0, 0.1) is 5.82 Å². The summed E-state index contributed by atoms with van der Waals surface area (Å²) in [5.41, 5.74) is -0.828. The van der Waals surface area contributed by atoms with Crippen LogP contribution in [0.4, 0.5) is 4.39 Å². The molecule has 0 aromatic heterocycles. The molecular formula is C19H21FN2O3. The second kappa shape index (κ2) is 6.80. The molecule has 2 aromatic rings. The van der Waals surface area contributed by atoms with Gasteiger partial charge in [-0.05, 0) is 30.4 Å². The van der Waals surface area contributed by atoms with Crippen LogP contribution >= 0.6 is 0 Å². The highest BCUT2D eigenvalue weighted by atomic mass is 19.1. The van der Waals surface area contributed by atoms with E-state index < -0.39 is 5.60 Å². The highest BCUT2D eigenvalue weighted by Crippen LogP contribution is 2.28. The van der Waals surface area contributed by atoms with Gasteiger partial charge in [0.1, 0.15) is 5.82 Å². The maximum Gasteiger partial charge on any atom is 0.254 e. The van der Waals surface area contributed by atoms with Crippen molar-refractivity contribution in [3.8, 4) is 0 Å². The van der Waals surface area contributed by atoms with Gasteiger partial charge in [-0.1, -0.05) is 24.3 Å². The Kier molecular flexibility index (Phi) is 4.72. The third-order valence-electron chi connectivity index (χ3n) is 4.71. The summed E-state index contributed by atoms with van der Waals surface area (Å²) < 4.78 is 14.0. The first kappa shape index (κ1) is 17.4. The Morgan fingerprint density at radius 3 is 2.68 bits per heavy atom. The van der Waals surface area contributed by atoms with Crippen molar-refractivity contribution in [1.29, 1.82) is 0 Å². The Balaban J connectivity index is 1.88. The number of β-amino-alcohol motifs (C(OH)–C–C–N with tert-alkyl or cyclic N) is 1. The maximum atomic E-state index is 14.0. The second-order valence-corrected chi connectivity index (χ2v) is 6.55. The largest absolute Gasteiger partial charge is 0.388 e. The number of fused-ring (bicyclic) bond motifs is 1. The number of hydrogen-bond acceptors (Lipinski definition) is 3. The van der Waals surface area contributed by atoms with E-state index in [9.17, 15) is 19.1 Å². The van der Waals surface area contributed by atoms with Crippen LogP contribution in [0.2, 0.25) is 0 Å². The van der Waals surface area contributed by atoms with Gasteiger partial charge in [-0.2, -0.15) is 0 Å². The Morgan fingerprint density at radius 1 is 1.24 bits per heavy atom. The first-order valence-electron chi connectivity index (χ1n) is 8.33. The molecule has 0 radical (unpaired) electrons. The van der Waals surface area contributed by atoms with Crippen molar-refractivity contribution in [1.82, 2.24) is 10.2 Å². The molecule has 25 heavy (non-hydrogen) atoms. The van der Waals surface area contributed by atoms with Crippen molar-refractivity contribution in [3.05, 3.63) is 47.8 Å². The van der Waals surface area contributed by atoms with Gasteiger partial charge in [0.25, 0.3) is 5.91 Å². The van der Waals surface area contributed by atoms with Crippen LogP contribution in [-0.4, -0.2) is 47.6 Å². The number of aliphatic hydroxyl groups is 1. The summed E-state index contributed by atoms with van der Waals surface area (Å²) >= 11 is 0. The van der Waals surface area contributed by atoms with E-state index in [-0.39, 0.29) is 30.6 Å². The molecule has 1 aliphatic heterocycles. The zero-order valence-corrected chi connectivity index (χ0v) is 14.1. The monoisotopic (exact) mass is 344 g/mol. The number of piperidine rings is 1. The number of halogens is 1. The summed E-state index contributed by atoms with van der Waals surface area (Å²) in [6, 6.07) is 9.61. The van der Waals surface area contributed by atoms with E-state index in [0.717, 1.165) is 0 Å². The minimum absolute atomic E-state index is 0.0442. The molecule has 0 saturated carbocycles. The number of hydrogen-bond donors (Lipinski definition) is 2. The molecular weight excluding hydrogens is 323 g/mol. The molecule has 1 unspecified atom stereocenters. The van der Waals surface area contributed by atoms with Gasteiger partial charge in [-0.15, -0.1) is 0 Å². The van der Waals surface area contributed by atoms with Crippen molar-refractivity contribution in [2.24, 2.45) is 0 Å². The number of benzene rings is 2. The van der Waals surface area contributed by atoms with Crippen LogP contribution in [-0.2, 0) is 4.79 Å². The van der Waals surface area contributed by atoms with E-state index in [2.05, 4.69) is 5.32 Å². The fraction of sp³-hybridized carbons (Fsp3) is 0.368. The zero-order valence-electron chi connectivity index (χ0n) is 14.1. The molecule has 1 atom stereocenters. The summed E-state index contributed by atoms with van der Waals surface area (Å²) in [6.07, 6.45) is 1.03. The van der Waals surface area contributed by atoms with Crippen LogP contribution in [0.25, 0.3) is 10.8 Å². The summed E-state index contributed by atoms with van der Waals surface area (Å²) in [5, 5.41) is 14.1. The fourth-order valence-electron chi connectivity index (χ4n) is 3.44. The van der Waals surface area contributed by atoms with Crippen LogP contribution in [0.1, 0.15) is 29.6 Å². The number of rotatable bonds is 3. The molecule has 1 fully saturated rings. The average molecular weight is 344 g/mol. The fourth-order valence-corrected chi connectivity index (χ4v) is 3.44. The molecule has 3 rings (SSSR count). The molecule has 6 heteroatoms. The van der Waals surface area contributed by atoms with Crippen LogP contribution in [0.15, 0.2) is 36.4 Å². The van der Waals surface area contributed by atoms with Crippen molar-refractivity contribution in [2.45, 2.75) is 24.9 Å². The van der Waals surface area contributed by atoms with Gasteiger partial charge >= 0.3 is 0 Å². The van der Waals surface area contributed by atoms with Crippen LogP contribution < -0.4 is 5.32 Å². The minimum atomic E-state index is -1.23. The van der Waals surface area contributed by atoms with E-state index in [1.807, 2.05) is 0 Å². The second-order valence-electron chi connectivity index (χ2n) is 6.55. The number of carbonyl (C=O) groups is 2. The molecule has 0 bridgehead atoms. The third kappa shape index (κ3) is 3.49. The Bertz CT molecular complexity index is 823. The Labute approximate surface area is 145 Å². The van der Waals surface area contributed by atoms with E-state index in [4.69, 9.17) is 0 Å². The maximum absolute atomic E-state index is 14.0. The Morgan fingerprint density at radius 2 is 1.96 bits per heavy atom. The molecule has 0 aliphatic carbocycles. The molecule has 2 N–H and O–H groups in total.